The Balaban J connectivity index is 2.14. The molecule has 0 radical (unpaired) electrons. The third-order valence-electron chi connectivity index (χ3n) is 2.48. The molecule has 2 atom stereocenters. The summed E-state index contributed by atoms with van der Waals surface area (Å²) in [6.45, 7) is 0.940. The number of nitrogens with one attached hydrogen (secondary N) is 1. The second-order valence-corrected chi connectivity index (χ2v) is 3.12. The Kier molecular flexibility index (Phi) is 1.01. The second-order valence-electron chi connectivity index (χ2n) is 3.12. The van der Waals surface area contributed by atoms with Gasteiger partial charge in [-0.05, 0) is 25.2 Å². The van der Waals surface area contributed by atoms with E-state index in [1.165, 1.54) is 6.42 Å². The van der Waals surface area contributed by atoms with Crippen LogP contribution in [0.4, 0.5) is 0 Å². The average Bonchev–Trinajstić information content (AvgIpc) is 2.25. The molecule has 1 aliphatic carbocycles. The summed E-state index contributed by atoms with van der Waals surface area (Å²) in [7, 11) is 0. The Morgan fingerprint density at radius 2 is 2.33 bits per heavy atom. The molecule has 2 aliphatic rings. The van der Waals surface area contributed by atoms with Gasteiger partial charge in [-0.2, -0.15) is 0 Å². The van der Waals surface area contributed by atoms with E-state index >= 15 is 0 Å². The predicted octanol–water partition coefficient (Wildman–Crippen LogP) is 0.532. The maximum atomic E-state index is 10.9. The molecule has 1 N–H and O–H groups in total. The lowest BCUT2D eigenvalue weighted by Gasteiger charge is -2.18. The monoisotopic (exact) mass is 125 g/mol. The highest BCUT2D eigenvalue weighted by Crippen LogP contribution is 2.33. The van der Waals surface area contributed by atoms with Crippen LogP contribution in [0.25, 0.3) is 0 Å². The van der Waals surface area contributed by atoms with Gasteiger partial charge >= 0.3 is 0 Å². The highest BCUT2D eigenvalue weighted by atomic mass is 16.1. The van der Waals surface area contributed by atoms with E-state index in [0.717, 1.165) is 25.3 Å². The molecule has 1 heterocycles. The third kappa shape index (κ3) is 0.732. The second kappa shape index (κ2) is 1.72. The van der Waals surface area contributed by atoms with E-state index in [1.54, 1.807) is 0 Å². The zero-order valence-electron chi connectivity index (χ0n) is 5.39. The topological polar surface area (TPSA) is 29.1 Å². The van der Waals surface area contributed by atoms with Crippen LogP contribution in [-0.2, 0) is 4.79 Å². The first kappa shape index (κ1) is 5.27. The maximum absolute atomic E-state index is 10.9. The van der Waals surface area contributed by atoms with Crippen molar-refractivity contribution in [1.29, 1.82) is 0 Å². The largest absolute Gasteiger partial charge is 0.356 e. The van der Waals surface area contributed by atoms with Crippen molar-refractivity contribution in [2.75, 3.05) is 6.54 Å². The number of hydrogen-bond acceptors (Lipinski definition) is 1. The van der Waals surface area contributed by atoms with E-state index in [4.69, 9.17) is 0 Å². The standard InChI is InChI=1S/C7H11NO/c9-7-6-2-1-5(3-6)4-8-7/h5-6H,1-4H2,(H,8,9). The van der Waals surface area contributed by atoms with Crippen LogP contribution in [0.2, 0.25) is 0 Å². The van der Waals surface area contributed by atoms with Gasteiger partial charge in [0.25, 0.3) is 0 Å². The van der Waals surface area contributed by atoms with E-state index in [9.17, 15) is 4.79 Å². The van der Waals surface area contributed by atoms with Crippen molar-refractivity contribution < 1.29 is 4.79 Å². The molecule has 9 heavy (non-hydrogen) atoms. The number of piperidine rings is 1. The van der Waals surface area contributed by atoms with Gasteiger partial charge in [-0.3, -0.25) is 4.79 Å². The summed E-state index contributed by atoms with van der Waals surface area (Å²) in [6.07, 6.45) is 3.56. The van der Waals surface area contributed by atoms with Crippen molar-refractivity contribution in [3.63, 3.8) is 0 Å². The molecule has 50 valence electrons. The van der Waals surface area contributed by atoms with Gasteiger partial charge in [0.1, 0.15) is 0 Å². The van der Waals surface area contributed by atoms with Crippen LogP contribution in [0, 0.1) is 11.8 Å². The lowest BCUT2D eigenvalue weighted by atomic mass is 10.0. The molecular weight excluding hydrogens is 114 g/mol. The highest BCUT2D eigenvalue weighted by molar-refractivity contribution is 5.79. The van der Waals surface area contributed by atoms with E-state index in [2.05, 4.69) is 5.32 Å². The van der Waals surface area contributed by atoms with Crippen LogP contribution in [0.5, 0.6) is 0 Å². The summed E-state index contributed by atoms with van der Waals surface area (Å²) < 4.78 is 0. The minimum absolute atomic E-state index is 0.295. The van der Waals surface area contributed by atoms with Gasteiger partial charge in [-0.15, -0.1) is 0 Å². The van der Waals surface area contributed by atoms with Crippen molar-refractivity contribution in [1.82, 2.24) is 5.32 Å². The molecule has 0 spiro atoms. The Labute approximate surface area is 54.6 Å². The van der Waals surface area contributed by atoms with Crippen molar-refractivity contribution in [3.05, 3.63) is 0 Å². The van der Waals surface area contributed by atoms with Gasteiger partial charge in [0.05, 0.1) is 0 Å². The molecule has 1 saturated carbocycles. The molecule has 2 bridgehead atoms. The molecule has 1 aliphatic heterocycles. The van der Waals surface area contributed by atoms with Gasteiger partial charge in [-0.25, -0.2) is 0 Å². The number of carbonyl (C=O) groups is 1. The number of carbonyl (C=O) groups excluding carboxylic acids is 1. The maximum Gasteiger partial charge on any atom is 0.223 e. The summed E-state index contributed by atoms with van der Waals surface area (Å²) in [5.74, 6) is 1.49. The Hall–Kier alpha value is -0.530. The molecule has 1 amide bonds. The van der Waals surface area contributed by atoms with Crippen molar-refractivity contribution in [2.45, 2.75) is 19.3 Å². The fraction of sp³-hybridized carbons (Fsp3) is 0.857. The van der Waals surface area contributed by atoms with Crippen LogP contribution >= 0.6 is 0 Å². The fourth-order valence-corrected chi connectivity index (χ4v) is 1.89. The molecule has 0 aromatic carbocycles. The summed E-state index contributed by atoms with van der Waals surface area (Å²) >= 11 is 0. The molecule has 0 aromatic heterocycles. The molecular formula is C7H11NO. The predicted molar refractivity (Wildman–Crippen MR) is 33.8 cm³/mol. The first-order valence-electron chi connectivity index (χ1n) is 3.64. The summed E-state index contributed by atoms with van der Waals surface area (Å²) in [5, 5.41) is 2.91. The van der Waals surface area contributed by atoms with Crippen LogP contribution < -0.4 is 5.32 Å². The molecule has 2 unspecified atom stereocenters. The summed E-state index contributed by atoms with van der Waals surface area (Å²) in [6, 6.07) is 0. The lowest BCUT2D eigenvalue weighted by molar-refractivity contribution is -0.126. The van der Waals surface area contributed by atoms with Crippen LogP contribution in [0.1, 0.15) is 19.3 Å². The zero-order chi connectivity index (χ0) is 6.27. The average molecular weight is 125 g/mol. The van der Waals surface area contributed by atoms with Gasteiger partial charge < -0.3 is 5.32 Å². The number of rotatable bonds is 0. The van der Waals surface area contributed by atoms with Crippen molar-refractivity contribution in [2.24, 2.45) is 11.8 Å². The quantitative estimate of drug-likeness (QED) is 0.502. The molecule has 2 heteroatoms. The van der Waals surface area contributed by atoms with Gasteiger partial charge in [0.2, 0.25) is 5.91 Å². The smallest absolute Gasteiger partial charge is 0.223 e. The molecule has 0 aromatic rings. The zero-order valence-corrected chi connectivity index (χ0v) is 5.39. The SMILES string of the molecule is O=C1NCC2CCC1C2. The number of amides is 1. The minimum atomic E-state index is 0.295. The Morgan fingerprint density at radius 1 is 1.44 bits per heavy atom. The van der Waals surface area contributed by atoms with E-state index < -0.39 is 0 Å². The third-order valence-corrected chi connectivity index (χ3v) is 2.48. The van der Waals surface area contributed by atoms with Crippen molar-refractivity contribution >= 4 is 5.91 Å². The summed E-state index contributed by atoms with van der Waals surface area (Å²) in [5.41, 5.74) is 0. The molecule has 2 nitrogen and oxygen atoms in total. The number of fused-ring (bicyclic) bond motifs is 2. The first-order chi connectivity index (χ1) is 4.36. The first-order valence-corrected chi connectivity index (χ1v) is 3.64. The minimum Gasteiger partial charge on any atom is -0.356 e. The molecule has 1 saturated heterocycles. The fourth-order valence-electron chi connectivity index (χ4n) is 1.89. The molecule has 2 rings (SSSR count). The van der Waals surface area contributed by atoms with E-state index in [-0.39, 0.29) is 0 Å². The van der Waals surface area contributed by atoms with Crippen LogP contribution in [0.3, 0.4) is 0 Å². The van der Waals surface area contributed by atoms with Gasteiger partial charge in [0.15, 0.2) is 0 Å². The molecule has 2 fully saturated rings. The van der Waals surface area contributed by atoms with Crippen LogP contribution in [0.15, 0.2) is 0 Å². The van der Waals surface area contributed by atoms with Gasteiger partial charge in [-0.1, -0.05) is 0 Å². The van der Waals surface area contributed by atoms with Crippen LogP contribution in [-0.4, -0.2) is 12.5 Å². The van der Waals surface area contributed by atoms with Gasteiger partial charge in [0, 0.05) is 12.5 Å². The van der Waals surface area contributed by atoms with E-state index in [0.29, 0.717) is 11.8 Å². The summed E-state index contributed by atoms with van der Waals surface area (Å²) in [4.78, 5) is 10.9. The number of hydrogen-bond donors (Lipinski definition) is 1. The van der Waals surface area contributed by atoms with E-state index in [1.807, 2.05) is 0 Å². The lowest BCUT2D eigenvalue weighted by Crippen LogP contribution is -2.36. The normalized spacial score (nSPS) is 40.7. The highest BCUT2D eigenvalue weighted by Gasteiger charge is 2.33. The Morgan fingerprint density at radius 3 is 3.11 bits per heavy atom. The Bertz CT molecular complexity index is 144. The van der Waals surface area contributed by atoms with Crippen molar-refractivity contribution in [3.8, 4) is 0 Å².